The van der Waals surface area contributed by atoms with Gasteiger partial charge in [0.25, 0.3) is 0 Å². The average molecular weight is 235 g/mol. The molecule has 6 heteroatoms. The minimum absolute atomic E-state index is 0.550. The van der Waals surface area contributed by atoms with Crippen molar-refractivity contribution in [2.24, 2.45) is 20.0 Å². The molecule has 0 bridgehead atoms. The topological polar surface area (TPSA) is 61.5 Å². The number of rotatable bonds is 4. The number of hydrogen-bond acceptors (Lipinski definition) is 4. The first-order chi connectivity index (χ1) is 7.81. The Morgan fingerprint density at radius 2 is 2.31 bits per heavy atom. The zero-order valence-corrected chi connectivity index (χ0v) is 9.92. The highest BCUT2D eigenvalue weighted by atomic mass is 32.1. The highest BCUT2D eigenvalue weighted by Gasteiger charge is 2.23. The monoisotopic (exact) mass is 235 g/mol. The van der Waals surface area contributed by atoms with Crippen LogP contribution in [0.5, 0.6) is 0 Å². The van der Waals surface area contributed by atoms with Crippen LogP contribution in [0.1, 0.15) is 26.2 Å². The predicted octanol–water partition coefficient (Wildman–Crippen LogP) is 1.34. The molecule has 2 heterocycles. The molecule has 0 aromatic rings. The number of thiocarbonyl (C=S) groups is 1. The van der Waals surface area contributed by atoms with Gasteiger partial charge < -0.3 is 5.32 Å². The van der Waals surface area contributed by atoms with Crippen molar-refractivity contribution in [3.05, 3.63) is 0 Å². The number of unbranched alkanes of at least 4 members (excludes halogenated alkanes) is 2. The van der Waals surface area contributed by atoms with Crippen LogP contribution in [0.2, 0.25) is 0 Å². The minimum atomic E-state index is 0.550. The van der Waals surface area contributed by atoms with Gasteiger partial charge in [-0.15, -0.1) is 0 Å². The van der Waals surface area contributed by atoms with Crippen LogP contribution < -0.4 is 5.32 Å². The summed E-state index contributed by atoms with van der Waals surface area (Å²) in [6.45, 7) is 2.93. The summed E-state index contributed by atoms with van der Waals surface area (Å²) in [6.07, 6.45) is 4.90. The Hall–Kier alpha value is -1.43. The Labute approximate surface area is 99.5 Å². The number of hydrogen-bond donors (Lipinski definition) is 1. The van der Waals surface area contributed by atoms with Crippen molar-refractivity contribution in [3.63, 3.8) is 0 Å². The lowest BCUT2D eigenvalue weighted by atomic mass is 10.2. The van der Waals surface area contributed by atoms with Crippen LogP contribution in [-0.4, -0.2) is 35.4 Å². The highest BCUT2D eigenvalue weighted by Crippen LogP contribution is 2.03. The Morgan fingerprint density at radius 3 is 3.12 bits per heavy atom. The first-order valence-corrected chi connectivity index (χ1v) is 5.77. The Bertz CT molecular complexity index is 419. The van der Waals surface area contributed by atoms with E-state index in [1.54, 1.807) is 0 Å². The lowest BCUT2D eigenvalue weighted by Gasteiger charge is -2.12. The van der Waals surface area contributed by atoms with Crippen molar-refractivity contribution in [2.45, 2.75) is 26.2 Å². The standard InChI is InChI=1S/C10H13N5S/c1-2-3-4-5-11-10-14-8-7(9(16)15-10)12-6-13-8/h6H,2-5H2,1H3,(H,11,15,16). The van der Waals surface area contributed by atoms with Gasteiger partial charge in [0.05, 0.1) is 0 Å². The largest absolute Gasteiger partial charge is 0.313 e. The summed E-state index contributed by atoms with van der Waals surface area (Å²) in [7, 11) is 0. The fourth-order valence-electron chi connectivity index (χ4n) is 1.41. The molecular weight excluding hydrogens is 222 g/mol. The zero-order chi connectivity index (χ0) is 11.4. The third-order valence-corrected chi connectivity index (χ3v) is 2.55. The normalized spacial score (nSPS) is 20.6. The van der Waals surface area contributed by atoms with Crippen LogP contribution in [-0.2, 0) is 0 Å². The van der Waals surface area contributed by atoms with E-state index in [0.717, 1.165) is 13.0 Å². The smallest absolute Gasteiger partial charge is 0.225 e. The summed E-state index contributed by atoms with van der Waals surface area (Å²) in [5.74, 6) is 1.12. The molecule has 0 aromatic carbocycles. The second-order valence-corrected chi connectivity index (χ2v) is 3.93. The van der Waals surface area contributed by atoms with Crippen molar-refractivity contribution >= 4 is 41.1 Å². The summed E-state index contributed by atoms with van der Waals surface area (Å²) in [4.78, 5) is 17.2. The van der Waals surface area contributed by atoms with Crippen molar-refractivity contribution in [1.82, 2.24) is 5.32 Å². The first-order valence-electron chi connectivity index (χ1n) is 5.36. The maximum Gasteiger partial charge on any atom is 0.225 e. The summed E-state index contributed by atoms with van der Waals surface area (Å²) in [5.41, 5.74) is 0.641. The summed E-state index contributed by atoms with van der Waals surface area (Å²) >= 11 is 5.14. The molecule has 84 valence electrons. The molecule has 0 fully saturated rings. The van der Waals surface area contributed by atoms with E-state index in [4.69, 9.17) is 12.2 Å². The van der Waals surface area contributed by atoms with Crippen molar-refractivity contribution in [1.29, 1.82) is 0 Å². The molecule has 0 spiro atoms. The molecule has 5 nitrogen and oxygen atoms in total. The number of guanidine groups is 1. The van der Waals surface area contributed by atoms with Crippen molar-refractivity contribution in [2.75, 3.05) is 6.54 Å². The highest BCUT2D eigenvalue weighted by molar-refractivity contribution is 7.82. The third kappa shape index (κ3) is 2.38. The Morgan fingerprint density at radius 1 is 1.44 bits per heavy atom. The van der Waals surface area contributed by atoms with E-state index in [1.165, 1.54) is 19.2 Å². The molecule has 2 aliphatic heterocycles. The van der Waals surface area contributed by atoms with Gasteiger partial charge >= 0.3 is 0 Å². The van der Waals surface area contributed by atoms with Gasteiger partial charge in [0.2, 0.25) is 5.96 Å². The minimum Gasteiger partial charge on any atom is -0.313 e. The Balaban J connectivity index is 2.02. The first kappa shape index (κ1) is 11.1. The van der Waals surface area contributed by atoms with Crippen LogP contribution >= 0.6 is 12.2 Å². The molecule has 2 aliphatic rings. The fourth-order valence-corrected chi connectivity index (χ4v) is 1.65. The second kappa shape index (κ2) is 5.07. The van der Waals surface area contributed by atoms with Gasteiger partial charge in [-0.25, -0.2) is 9.98 Å². The number of nitrogens with zero attached hydrogens (tertiary/aromatic N) is 4. The maximum absolute atomic E-state index is 5.14. The lowest BCUT2D eigenvalue weighted by Crippen LogP contribution is -2.41. The van der Waals surface area contributed by atoms with Gasteiger partial charge in [-0.2, -0.15) is 4.99 Å². The number of aliphatic imine (C=N–C) groups is 4. The lowest BCUT2D eigenvalue weighted by molar-refractivity contribution is 0.726. The molecule has 1 N–H and O–H groups in total. The maximum atomic E-state index is 5.14. The van der Waals surface area contributed by atoms with E-state index in [0.29, 0.717) is 22.5 Å². The summed E-state index contributed by atoms with van der Waals surface area (Å²) < 4.78 is 0. The van der Waals surface area contributed by atoms with Gasteiger partial charge in [0, 0.05) is 6.54 Å². The van der Waals surface area contributed by atoms with Crippen molar-refractivity contribution < 1.29 is 0 Å². The number of fused-ring (bicyclic) bond motifs is 1. The zero-order valence-electron chi connectivity index (χ0n) is 9.10. The van der Waals surface area contributed by atoms with Crippen LogP contribution in [0.3, 0.4) is 0 Å². The molecule has 0 amide bonds. The quantitative estimate of drug-likeness (QED) is 0.590. The van der Waals surface area contributed by atoms with E-state index in [1.807, 2.05) is 0 Å². The van der Waals surface area contributed by atoms with Crippen LogP contribution in [0.15, 0.2) is 20.0 Å². The SMILES string of the molecule is CCCCCN=C1N=C2N=CN=C2C(=S)N1. The molecule has 0 atom stereocenters. The van der Waals surface area contributed by atoms with Gasteiger partial charge in [-0.3, -0.25) is 4.99 Å². The summed E-state index contributed by atoms with van der Waals surface area (Å²) in [5, 5.41) is 2.95. The molecule has 0 saturated carbocycles. The number of nitrogens with one attached hydrogen (secondary N) is 1. The van der Waals surface area contributed by atoms with Gasteiger partial charge in [-0.05, 0) is 6.42 Å². The predicted molar refractivity (Wildman–Crippen MR) is 70.9 cm³/mol. The molecule has 0 radical (unpaired) electrons. The Kier molecular flexibility index (Phi) is 3.51. The molecule has 0 aliphatic carbocycles. The van der Waals surface area contributed by atoms with Crippen LogP contribution in [0.25, 0.3) is 0 Å². The van der Waals surface area contributed by atoms with Gasteiger partial charge in [0.15, 0.2) is 5.84 Å². The molecule has 16 heavy (non-hydrogen) atoms. The summed E-state index contributed by atoms with van der Waals surface area (Å²) in [6, 6.07) is 0. The molecule has 0 saturated heterocycles. The van der Waals surface area contributed by atoms with Crippen LogP contribution in [0, 0.1) is 0 Å². The van der Waals surface area contributed by atoms with Gasteiger partial charge in [0.1, 0.15) is 17.0 Å². The van der Waals surface area contributed by atoms with Crippen molar-refractivity contribution in [3.8, 4) is 0 Å². The van der Waals surface area contributed by atoms with E-state index >= 15 is 0 Å². The molecule has 0 aromatic heterocycles. The van der Waals surface area contributed by atoms with E-state index in [2.05, 4.69) is 32.2 Å². The number of amidine groups is 1. The second-order valence-electron chi connectivity index (χ2n) is 3.52. The molecule has 2 rings (SSSR count). The fraction of sp³-hybridized carbons (Fsp3) is 0.500. The van der Waals surface area contributed by atoms with E-state index < -0.39 is 0 Å². The van der Waals surface area contributed by atoms with Gasteiger partial charge in [-0.1, -0.05) is 32.0 Å². The van der Waals surface area contributed by atoms with E-state index in [9.17, 15) is 0 Å². The molecule has 0 unspecified atom stereocenters. The van der Waals surface area contributed by atoms with Crippen LogP contribution in [0.4, 0.5) is 0 Å². The van der Waals surface area contributed by atoms with E-state index in [-0.39, 0.29) is 0 Å². The molecular formula is C10H13N5S. The third-order valence-electron chi connectivity index (χ3n) is 2.25. The average Bonchev–Trinajstić information content (AvgIpc) is 2.73.